The molecule has 9 heteroatoms. The second kappa shape index (κ2) is 4.90. The predicted octanol–water partition coefficient (Wildman–Crippen LogP) is 4.85. The molecule has 17 heavy (non-hydrogen) atoms. The van der Waals surface area contributed by atoms with Gasteiger partial charge in [-0.15, -0.1) is 0 Å². The van der Waals surface area contributed by atoms with Crippen LogP contribution in [0.1, 0.15) is 20.3 Å². The predicted molar refractivity (Wildman–Crippen MR) is 57.3 cm³/mol. The number of hydrogen-bond acceptors (Lipinski definition) is 1. The van der Waals surface area contributed by atoms with Crippen molar-refractivity contribution in [1.29, 1.82) is 0 Å². The van der Waals surface area contributed by atoms with Gasteiger partial charge in [0.25, 0.3) is 0 Å². The van der Waals surface area contributed by atoms with Gasteiger partial charge in [0.05, 0.1) is 20.6 Å². The van der Waals surface area contributed by atoms with E-state index in [0.717, 1.165) is 4.48 Å². The zero-order valence-corrected chi connectivity index (χ0v) is 11.5. The third-order valence-corrected chi connectivity index (χ3v) is 2.13. The van der Waals surface area contributed by atoms with Crippen LogP contribution in [0.4, 0.5) is 25.2 Å². The van der Waals surface area contributed by atoms with E-state index in [1.807, 2.05) is 0 Å². The molecule has 0 saturated heterocycles. The molecule has 0 spiro atoms. The van der Waals surface area contributed by atoms with E-state index in [1.165, 1.54) is 13.0 Å². The molecule has 0 saturated carbocycles. The molecule has 0 aromatic carbocycles. The Bertz CT molecular complexity index is 224. The molecule has 1 atom stereocenters. The van der Waals surface area contributed by atoms with Crippen LogP contribution in [0.25, 0.3) is 0 Å². The summed E-state index contributed by atoms with van der Waals surface area (Å²) in [6, 6.07) is 0. The fourth-order valence-electron chi connectivity index (χ4n) is 1.04. The number of hydrogen-bond donors (Lipinski definition) is 0. The Labute approximate surface area is 97.4 Å². The molecule has 2 nitrogen and oxygen atoms in total. The summed E-state index contributed by atoms with van der Waals surface area (Å²) in [6.45, 7) is 5.48. The van der Waals surface area contributed by atoms with Gasteiger partial charge in [0, 0.05) is 14.0 Å². The normalized spacial score (nSPS) is 18.5. The molecular formula is C8H20F6NOP. The number of ether oxygens (including phenoxy) is 1. The first-order chi connectivity index (χ1) is 6.99. The van der Waals surface area contributed by atoms with Crippen molar-refractivity contribution in [2.24, 2.45) is 0 Å². The Morgan fingerprint density at radius 3 is 1.53 bits per heavy atom. The molecule has 110 valence electrons. The van der Waals surface area contributed by atoms with E-state index in [2.05, 4.69) is 27.9 Å². The Morgan fingerprint density at radius 1 is 1.06 bits per heavy atom. The molecule has 0 aliphatic carbocycles. The van der Waals surface area contributed by atoms with Crippen molar-refractivity contribution in [3.63, 3.8) is 0 Å². The quantitative estimate of drug-likeness (QED) is 0.311. The van der Waals surface area contributed by atoms with Gasteiger partial charge in [-0.2, -0.15) is 0 Å². The van der Waals surface area contributed by atoms with Crippen LogP contribution in [-0.2, 0) is 4.74 Å². The van der Waals surface area contributed by atoms with Crippen molar-refractivity contribution in [1.82, 2.24) is 0 Å². The van der Waals surface area contributed by atoms with Crippen molar-refractivity contribution in [2.45, 2.75) is 26.5 Å². The van der Waals surface area contributed by atoms with E-state index < -0.39 is 7.81 Å². The molecule has 0 aliphatic heterocycles. The van der Waals surface area contributed by atoms with Crippen molar-refractivity contribution >= 4 is 7.81 Å². The number of halogens is 6. The Kier molecular flexibility index (Phi) is 5.55. The van der Waals surface area contributed by atoms with Gasteiger partial charge >= 0.3 is 33.0 Å². The van der Waals surface area contributed by atoms with Crippen LogP contribution in [0.3, 0.4) is 0 Å². The molecule has 0 amide bonds. The molecule has 0 N–H and O–H groups in total. The molecule has 0 bridgehead atoms. The van der Waals surface area contributed by atoms with Gasteiger partial charge in [-0.05, 0) is 6.42 Å². The number of quaternary nitrogens is 1. The van der Waals surface area contributed by atoms with Crippen molar-refractivity contribution in [3.8, 4) is 0 Å². The van der Waals surface area contributed by atoms with Gasteiger partial charge in [-0.3, -0.25) is 0 Å². The van der Waals surface area contributed by atoms with Crippen LogP contribution >= 0.6 is 7.81 Å². The van der Waals surface area contributed by atoms with Crippen molar-refractivity contribution in [2.75, 3.05) is 27.7 Å². The topological polar surface area (TPSA) is 9.23 Å². The summed E-state index contributed by atoms with van der Waals surface area (Å²) < 4.78 is 65.4. The molecule has 0 aromatic heterocycles. The molecule has 1 unspecified atom stereocenters. The summed E-state index contributed by atoms with van der Waals surface area (Å²) >= 11 is 0. The van der Waals surface area contributed by atoms with Gasteiger partial charge in [-0.1, -0.05) is 6.92 Å². The first kappa shape index (κ1) is 19.3. The van der Waals surface area contributed by atoms with E-state index in [1.54, 1.807) is 7.11 Å². The van der Waals surface area contributed by atoms with Crippen LogP contribution in [0.5, 0.6) is 0 Å². The van der Waals surface area contributed by atoms with Gasteiger partial charge in [0.1, 0.15) is 0 Å². The van der Waals surface area contributed by atoms with Crippen LogP contribution in [0.15, 0.2) is 0 Å². The maximum absolute atomic E-state index is 10.7. The molecule has 0 aliphatic rings. The van der Waals surface area contributed by atoms with Gasteiger partial charge in [0.2, 0.25) is 0 Å². The SMILES string of the molecule is CCC[N+](C)(C)C(C)OC.F[P-](F)(F)(F)(F)F. The van der Waals surface area contributed by atoms with Crippen LogP contribution in [0.2, 0.25) is 0 Å². The molecular weight excluding hydrogens is 271 g/mol. The van der Waals surface area contributed by atoms with Gasteiger partial charge in [0.15, 0.2) is 6.23 Å². The third kappa shape index (κ3) is 21.7. The Balaban J connectivity index is 0. The standard InChI is InChI=1S/C8H20NO.F6P/c1-6-7-9(3,4)8(2)10-5;1-7(2,3,4,5)6/h8H,6-7H2,1-5H3;/q+1;-1. The average Bonchev–Trinajstić information content (AvgIpc) is 1.96. The summed E-state index contributed by atoms with van der Waals surface area (Å²) in [6.07, 6.45) is 1.51. The zero-order valence-electron chi connectivity index (χ0n) is 10.6. The first-order valence-corrected chi connectivity index (χ1v) is 6.94. The molecule has 0 heterocycles. The van der Waals surface area contributed by atoms with E-state index in [9.17, 15) is 25.2 Å². The van der Waals surface area contributed by atoms with Crippen molar-refractivity contribution < 1.29 is 34.4 Å². The number of rotatable bonds is 4. The van der Waals surface area contributed by atoms with Gasteiger partial charge < -0.3 is 9.22 Å². The minimum atomic E-state index is -10.7. The molecule has 0 aromatic rings. The second-order valence-electron chi connectivity index (χ2n) is 4.30. The van der Waals surface area contributed by atoms with Gasteiger partial charge in [-0.25, -0.2) is 0 Å². The van der Waals surface area contributed by atoms with E-state index >= 15 is 0 Å². The first-order valence-electron chi connectivity index (χ1n) is 4.91. The zero-order chi connectivity index (χ0) is 14.6. The van der Waals surface area contributed by atoms with Crippen LogP contribution < -0.4 is 0 Å². The van der Waals surface area contributed by atoms with Crippen LogP contribution in [-0.4, -0.2) is 38.5 Å². The number of methoxy groups -OCH3 is 1. The molecule has 0 rings (SSSR count). The second-order valence-corrected chi connectivity index (χ2v) is 6.21. The maximum atomic E-state index is 9.87. The summed E-state index contributed by atoms with van der Waals surface area (Å²) in [4.78, 5) is 0. The fraction of sp³-hybridized carbons (Fsp3) is 1.00. The van der Waals surface area contributed by atoms with E-state index in [0.29, 0.717) is 6.23 Å². The van der Waals surface area contributed by atoms with E-state index in [-0.39, 0.29) is 0 Å². The summed E-state index contributed by atoms with van der Waals surface area (Å²) in [5, 5.41) is 0. The third-order valence-electron chi connectivity index (χ3n) is 2.13. The number of nitrogens with zero attached hydrogens (tertiary/aromatic N) is 1. The summed E-state index contributed by atoms with van der Waals surface area (Å²) in [7, 11) is -4.51. The average molecular weight is 291 g/mol. The van der Waals surface area contributed by atoms with E-state index in [4.69, 9.17) is 4.74 Å². The monoisotopic (exact) mass is 291 g/mol. The molecule has 0 radical (unpaired) electrons. The minimum absolute atomic E-state index is 0.306. The van der Waals surface area contributed by atoms with Crippen molar-refractivity contribution in [3.05, 3.63) is 0 Å². The fourth-order valence-corrected chi connectivity index (χ4v) is 1.04. The Hall–Kier alpha value is -0.0700. The molecule has 0 fully saturated rings. The summed E-state index contributed by atoms with van der Waals surface area (Å²) in [5.41, 5.74) is 0. The van der Waals surface area contributed by atoms with Crippen LogP contribution in [0, 0.1) is 0 Å². The Morgan fingerprint density at radius 2 is 1.35 bits per heavy atom. The summed E-state index contributed by atoms with van der Waals surface area (Å²) in [5.74, 6) is 0.